The standard InChI is InChI=1S/C31H41Cl2N3O3/c1-38-25-7-8-26(29(21-25)39-2)30(37)36-19-13-31(22-36,23-6-9-27(32)28(33)20-23)12-18-34-16-10-24(11-17-34)35-14-4-3-5-15-35/h6-9,20-21,24H,3-5,10-19,22H2,1-2H3. The summed E-state index contributed by atoms with van der Waals surface area (Å²) in [5.74, 6) is 1.18. The van der Waals surface area contributed by atoms with Gasteiger partial charge in [0.2, 0.25) is 0 Å². The van der Waals surface area contributed by atoms with Crippen LogP contribution in [0.1, 0.15) is 60.9 Å². The van der Waals surface area contributed by atoms with Gasteiger partial charge in [0.25, 0.3) is 5.91 Å². The van der Waals surface area contributed by atoms with Crippen molar-refractivity contribution in [2.24, 2.45) is 0 Å². The predicted octanol–water partition coefficient (Wildman–Crippen LogP) is 6.13. The molecule has 0 aromatic heterocycles. The van der Waals surface area contributed by atoms with E-state index in [1.165, 1.54) is 45.2 Å². The third-order valence-corrected chi connectivity index (χ3v) is 9.92. The third kappa shape index (κ3) is 6.35. The first-order valence-electron chi connectivity index (χ1n) is 14.4. The number of ether oxygens (including phenoxy) is 2. The van der Waals surface area contributed by atoms with Gasteiger partial charge in [-0.1, -0.05) is 35.7 Å². The summed E-state index contributed by atoms with van der Waals surface area (Å²) in [5.41, 5.74) is 1.55. The van der Waals surface area contributed by atoms with Gasteiger partial charge in [-0.3, -0.25) is 4.79 Å². The Bertz CT molecular complexity index is 1150. The number of benzene rings is 2. The van der Waals surface area contributed by atoms with Gasteiger partial charge in [-0.2, -0.15) is 0 Å². The molecule has 1 amide bonds. The molecule has 0 spiro atoms. The Morgan fingerprint density at radius 2 is 1.69 bits per heavy atom. The summed E-state index contributed by atoms with van der Waals surface area (Å²) in [4.78, 5) is 21.0. The van der Waals surface area contributed by atoms with E-state index < -0.39 is 0 Å². The molecular formula is C31H41Cl2N3O3. The SMILES string of the molecule is COc1ccc(C(=O)N2CCC(CCN3CCC(N4CCCCC4)CC3)(c3ccc(Cl)c(Cl)c3)C2)c(OC)c1. The van der Waals surface area contributed by atoms with Crippen molar-refractivity contribution in [3.05, 3.63) is 57.6 Å². The Balaban J connectivity index is 1.30. The van der Waals surface area contributed by atoms with E-state index in [9.17, 15) is 4.79 Å². The molecular weight excluding hydrogens is 533 g/mol. The minimum Gasteiger partial charge on any atom is -0.497 e. The van der Waals surface area contributed by atoms with Crippen LogP contribution in [0.25, 0.3) is 0 Å². The van der Waals surface area contributed by atoms with Crippen LogP contribution in [0, 0.1) is 0 Å². The minimum absolute atomic E-state index is 0.0150. The summed E-state index contributed by atoms with van der Waals surface area (Å²) in [6.45, 7) is 7.17. The van der Waals surface area contributed by atoms with Gasteiger partial charge < -0.3 is 24.2 Å². The van der Waals surface area contributed by atoms with Crippen molar-refractivity contribution in [1.29, 1.82) is 0 Å². The summed E-state index contributed by atoms with van der Waals surface area (Å²) >= 11 is 12.8. The van der Waals surface area contributed by atoms with Crippen molar-refractivity contribution >= 4 is 29.1 Å². The van der Waals surface area contributed by atoms with Crippen molar-refractivity contribution in [2.75, 3.05) is 60.0 Å². The molecule has 8 heteroatoms. The van der Waals surface area contributed by atoms with Gasteiger partial charge in [-0.25, -0.2) is 0 Å². The average molecular weight is 575 g/mol. The van der Waals surface area contributed by atoms with Crippen LogP contribution < -0.4 is 9.47 Å². The summed E-state index contributed by atoms with van der Waals surface area (Å²) < 4.78 is 10.9. The van der Waals surface area contributed by atoms with Crippen molar-refractivity contribution in [1.82, 2.24) is 14.7 Å². The largest absolute Gasteiger partial charge is 0.497 e. The number of carbonyl (C=O) groups excluding carboxylic acids is 1. The summed E-state index contributed by atoms with van der Waals surface area (Å²) in [6, 6.07) is 12.1. The Morgan fingerprint density at radius 1 is 0.923 bits per heavy atom. The summed E-state index contributed by atoms with van der Waals surface area (Å²) in [6.07, 6.45) is 8.45. The number of rotatable bonds is 8. The number of likely N-dealkylation sites (tertiary alicyclic amines) is 3. The topological polar surface area (TPSA) is 45.2 Å². The number of amides is 1. The number of carbonyl (C=O) groups is 1. The third-order valence-electron chi connectivity index (χ3n) is 9.18. The minimum atomic E-state index is -0.173. The molecule has 0 N–H and O–H groups in total. The van der Waals surface area contributed by atoms with E-state index in [0.717, 1.165) is 44.1 Å². The van der Waals surface area contributed by atoms with Crippen molar-refractivity contribution in [2.45, 2.75) is 56.4 Å². The van der Waals surface area contributed by atoms with E-state index in [2.05, 4.69) is 15.9 Å². The highest BCUT2D eigenvalue weighted by Crippen LogP contribution is 2.41. The number of piperidine rings is 2. The second-order valence-electron chi connectivity index (χ2n) is 11.4. The second kappa shape index (κ2) is 12.7. The Labute approximate surface area is 243 Å². The molecule has 0 bridgehead atoms. The number of hydrogen-bond acceptors (Lipinski definition) is 5. The van der Waals surface area contributed by atoms with Gasteiger partial charge in [-0.15, -0.1) is 0 Å². The van der Waals surface area contributed by atoms with E-state index in [1.54, 1.807) is 26.4 Å². The Hall–Kier alpha value is -1.99. The fourth-order valence-corrected chi connectivity index (χ4v) is 7.06. The fraction of sp³-hybridized carbons (Fsp3) is 0.581. The molecule has 2 aromatic rings. The molecule has 2 aromatic carbocycles. The molecule has 3 aliphatic heterocycles. The van der Waals surface area contributed by atoms with Gasteiger partial charge in [-0.05, 0) is 101 Å². The zero-order valence-corrected chi connectivity index (χ0v) is 24.8. The van der Waals surface area contributed by atoms with E-state index in [4.69, 9.17) is 32.7 Å². The first-order valence-corrected chi connectivity index (χ1v) is 15.1. The zero-order valence-electron chi connectivity index (χ0n) is 23.3. The van der Waals surface area contributed by atoms with Gasteiger partial charge in [0.15, 0.2) is 0 Å². The first-order chi connectivity index (χ1) is 18.9. The lowest BCUT2D eigenvalue weighted by molar-refractivity contribution is 0.0768. The molecule has 3 saturated heterocycles. The van der Waals surface area contributed by atoms with Crippen LogP contribution in [0.15, 0.2) is 36.4 Å². The number of methoxy groups -OCH3 is 2. The average Bonchev–Trinajstić information content (AvgIpc) is 3.43. The predicted molar refractivity (Wildman–Crippen MR) is 158 cm³/mol. The van der Waals surface area contributed by atoms with Crippen LogP contribution in [0.5, 0.6) is 11.5 Å². The summed E-state index contributed by atoms with van der Waals surface area (Å²) in [7, 11) is 3.20. The lowest BCUT2D eigenvalue weighted by Crippen LogP contribution is -2.47. The van der Waals surface area contributed by atoms with Crippen LogP contribution in [0.2, 0.25) is 10.0 Å². The van der Waals surface area contributed by atoms with Crippen LogP contribution in [0.3, 0.4) is 0 Å². The first kappa shape index (κ1) is 28.5. The lowest BCUT2D eigenvalue weighted by Gasteiger charge is -2.41. The maximum atomic E-state index is 13.7. The van der Waals surface area contributed by atoms with E-state index in [1.807, 2.05) is 23.1 Å². The zero-order chi connectivity index (χ0) is 27.4. The van der Waals surface area contributed by atoms with Crippen LogP contribution in [0.4, 0.5) is 0 Å². The quantitative estimate of drug-likeness (QED) is 0.380. The molecule has 1 atom stereocenters. The smallest absolute Gasteiger partial charge is 0.257 e. The Morgan fingerprint density at radius 3 is 2.38 bits per heavy atom. The van der Waals surface area contributed by atoms with Crippen molar-refractivity contribution in [3.63, 3.8) is 0 Å². The van der Waals surface area contributed by atoms with Crippen LogP contribution in [-0.4, -0.2) is 86.7 Å². The maximum Gasteiger partial charge on any atom is 0.257 e. The van der Waals surface area contributed by atoms with Gasteiger partial charge >= 0.3 is 0 Å². The molecule has 3 aliphatic rings. The summed E-state index contributed by atoms with van der Waals surface area (Å²) in [5, 5.41) is 1.13. The van der Waals surface area contributed by atoms with Crippen molar-refractivity contribution < 1.29 is 14.3 Å². The highest BCUT2D eigenvalue weighted by atomic mass is 35.5. The van der Waals surface area contributed by atoms with E-state index in [0.29, 0.717) is 40.2 Å². The molecule has 5 rings (SSSR count). The highest BCUT2D eigenvalue weighted by molar-refractivity contribution is 6.42. The Kier molecular flexibility index (Phi) is 9.27. The molecule has 0 radical (unpaired) electrons. The molecule has 39 heavy (non-hydrogen) atoms. The van der Waals surface area contributed by atoms with E-state index >= 15 is 0 Å². The lowest BCUT2D eigenvalue weighted by atomic mass is 9.76. The van der Waals surface area contributed by atoms with E-state index in [-0.39, 0.29) is 11.3 Å². The second-order valence-corrected chi connectivity index (χ2v) is 12.2. The van der Waals surface area contributed by atoms with Gasteiger partial charge in [0, 0.05) is 30.6 Å². The van der Waals surface area contributed by atoms with Gasteiger partial charge in [0.1, 0.15) is 11.5 Å². The number of nitrogens with zero attached hydrogens (tertiary/aromatic N) is 3. The van der Waals surface area contributed by atoms with Crippen LogP contribution >= 0.6 is 23.2 Å². The van der Waals surface area contributed by atoms with Gasteiger partial charge in [0.05, 0.1) is 29.8 Å². The van der Waals surface area contributed by atoms with Crippen molar-refractivity contribution in [3.8, 4) is 11.5 Å². The normalized spacial score (nSPS) is 23.2. The number of hydrogen-bond donors (Lipinski definition) is 0. The molecule has 0 aliphatic carbocycles. The molecule has 0 saturated carbocycles. The maximum absolute atomic E-state index is 13.7. The molecule has 6 nitrogen and oxygen atoms in total. The molecule has 1 unspecified atom stereocenters. The molecule has 3 fully saturated rings. The highest BCUT2D eigenvalue weighted by Gasteiger charge is 2.42. The fourth-order valence-electron chi connectivity index (χ4n) is 6.77. The molecule has 3 heterocycles. The number of halogens is 2. The molecule has 212 valence electrons. The van der Waals surface area contributed by atoms with Crippen LogP contribution in [-0.2, 0) is 5.41 Å². The monoisotopic (exact) mass is 573 g/mol.